The molecule has 0 heterocycles. The Morgan fingerprint density at radius 1 is 1.12 bits per heavy atom. The van der Waals surface area contributed by atoms with Gasteiger partial charge in [0.15, 0.2) is 9.04 Å². The van der Waals surface area contributed by atoms with Crippen LogP contribution in [0.25, 0.3) is 0 Å². The quantitative estimate of drug-likeness (QED) is 0.616. The van der Waals surface area contributed by atoms with Gasteiger partial charge >= 0.3 is 0 Å². The maximum absolute atomic E-state index is 9.88. The van der Waals surface area contributed by atoms with E-state index in [1.54, 1.807) is 6.92 Å². The van der Waals surface area contributed by atoms with Crippen LogP contribution in [0.15, 0.2) is 0 Å². The number of hydrogen-bond donors (Lipinski definition) is 1. The van der Waals surface area contributed by atoms with Crippen LogP contribution in [0.2, 0.25) is 13.1 Å². The van der Waals surface area contributed by atoms with E-state index in [1.165, 1.54) is 0 Å². The Morgan fingerprint density at radius 2 is 1.71 bits per heavy atom. The smallest absolute Gasteiger partial charge is 0.171 e. The van der Waals surface area contributed by atoms with Crippen molar-refractivity contribution in [2.24, 2.45) is 5.41 Å². The van der Waals surface area contributed by atoms with Gasteiger partial charge < -0.3 is 9.53 Å². The van der Waals surface area contributed by atoms with Gasteiger partial charge in [-0.05, 0) is 37.3 Å². The molecular weight excluding hydrogens is 228 g/mol. The van der Waals surface area contributed by atoms with E-state index in [1.807, 2.05) is 0 Å². The average Bonchev–Trinajstić information content (AvgIpc) is 2.12. The zero-order valence-electron chi connectivity index (χ0n) is 11.8. The summed E-state index contributed by atoms with van der Waals surface area (Å²) in [6.07, 6.45) is 0.805. The first-order valence-corrected chi connectivity index (χ1v) is 8.74. The van der Waals surface area contributed by atoms with Crippen molar-refractivity contribution < 1.29 is 9.53 Å². The van der Waals surface area contributed by atoms with Crippen molar-refractivity contribution >= 4 is 9.04 Å². The molecule has 1 atom stereocenters. The summed E-state index contributed by atoms with van der Waals surface area (Å²) in [4.78, 5) is 0. The van der Waals surface area contributed by atoms with Crippen LogP contribution in [-0.2, 0) is 4.43 Å². The van der Waals surface area contributed by atoms with E-state index in [2.05, 4.69) is 57.5 Å². The average molecular weight is 252 g/mol. The molecule has 0 rings (SSSR count). The molecule has 0 saturated carbocycles. The van der Waals surface area contributed by atoms with Crippen molar-refractivity contribution in [3.8, 4) is 23.7 Å². The van der Waals surface area contributed by atoms with Crippen molar-refractivity contribution in [1.82, 2.24) is 0 Å². The first-order chi connectivity index (χ1) is 7.62. The van der Waals surface area contributed by atoms with E-state index in [9.17, 15) is 5.11 Å². The second-order valence-electron chi connectivity index (χ2n) is 5.92. The Labute approximate surface area is 107 Å². The van der Waals surface area contributed by atoms with E-state index in [-0.39, 0.29) is 12.0 Å². The van der Waals surface area contributed by atoms with E-state index in [0.717, 1.165) is 6.42 Å². The molecule has 2 nitrogen and oxygen atoms in total. The molecule has 0 aromatic heterocycles. The Bertz CT molecular complexity index is 342. The van der Waals surface area contributed by atoms with Crippen LogP contribution in [0.1, 0.15) is 34.1 Å². The zero-order chi connectivity index (χ0) is 13.5. The summed E-state index contributed by atoms with van der Waals surface area (Å²) in [6.45, 7) is 12.4. The molecule has 0 aliphatic heterocycles. The van der Waals surface area contributed by atoms with Gasteiger partial charge in [-0.2, -0.15) is 0 Å². The third-order valence-corrected chi connectivity index (χ3v) is 2.63. The standard InChI is InChI=1S/C14H24O2Si/c1-13(2,3)10-8-7-9-11-14(4,15)12-16-17(5)6/h15,17H,10,12H2,1-6H3. The highest BCUT2D eigenvalue weighted by Crippen LogP contribution is 2.16. The van der Waals surface area contributed by atoms with Crippen LogP contribution in [0.3, 0.4) is 0 Å². The molecule has 0 aromatic carbocycles. The molecule has 0 fully saturated rings. The Hall–Kier alpha value is -0.743. The first kappa shape index (κ1) is 16.3. The van der Waals surface area contributed by atoms with Gasteiger partial charge in [-0.3, -0.25) is 0 Å². The molecule has 0 aliphatic carbocycles. The SMILES string of the molecule is C[SiH](C)OCC(C)(O)C#CC#CCC(C)(C)C. The highest BCUT2D eigenvalue weighted by atomic mass is 28.3. The second kappa shape index (κ2) is 6.86. The van der Waals surface area contributed by atoms with Crippen LogP contribution in [0, 0.1) is 29.1 Å². The second-order valence-corrected chi connectivity index (χ2v) is 8.35. The van der Waals surface area contributed by atoms with Crippen molar-refractivity contribution in [1.29, 1.82) is 0 Å². The normalized spacial score (nSPS) is 14.4. The van der Waals surface area contributed by atoms with Crippen molar-refractivity contribution in [2.75, 3.05) is 6.61 Å². The number of aliphatic hydroxyl groups is 1. The number of hydrogen-bond acceptors (Lipinski definition) is 2. The van der Waals surface area contributed by atoms with Gasteiger partial charge in [0, 0.05) is 6.42 Å². The van der Waals surface area contributed by atoms with E-state index in [0.29, 0.717) is 0 Å². The fourth-order valence-corrected chi connectivity index (χ4v) is 1.54. The summed E-state index contributed by atoms with van der Waals surface area (Å²) in [7, 11) is -1.10. The lowest BCUT2D eigenvalue weighted by Gasteiger charge is -2.17. The predicted molar refractivity (Wildman–Crippen MR) is 75.1 cm³/mol. The summed E-state index contributed by atoms with van der Waals surface area (Å²) in [5, 5.41) is 9.88. The molecule has 96 valence electrons. The molecule has 0 aliphatic rings. The summed E-state index contributed by atoms with van der Waals surface area (Å²) >= 11 is 0. The lowest BCUT2D eigenvalue weighted by Crippen LogP contribution is -2.31. The van der Waals surface area contributed by atoms with E-state index < -0.39 is 14.6 Å². The minimum absolute atomic E-state index is 0.198. The molecule has 0 saturated heterocycles. The zero-order valence-corrected chi connectivity index (χ0v) is 13.0. The molecule has 1 N–H and O–H groups in total. The molecule has 1 unspecified atom stereocenters. The van der Waals surface area contributed by atoms with Gasteiger partial charge in [0.1, 0.15) is 5.60 Å². The maximum Gasteiger partial charge on any atom is 0.171 e. The van der Waals surface area contributed by atoms with Gasteiger partial charge in [-0.15, -0.1) is 0 Å². The number of rotatable bonds is 3. The lowest BCUT2D eigenvalue weighted by molar-refractivity contribution is 0.0626. The molecule has 17 heavy (non-hydrogen) atoms. The van der Waals surface area contributed by atoms with Crippen LogP contribution < -0.4 is 0 Å². The highest BCUT2D eigenvalue weighted by molar-refractivity contribution is 6.48. The fourth-order valence-electron chi connectivity index (χ4n) is 0.884. The van der Waals surface area contributed by atoms with Crippen LogP contribution >= 0.6 is 0 Å². The topological polar surface area (TPSA) is 29.5 Å². The highest BCUT2D eigenvalue weighted by Gasteiger charge is 2.17. The summed E-state index contributed by atoms with van der Waals surface area (Å²) in [6, 6.07) is 0. The summed E-state index contributed by atoms with van der Waals surface area (Å²) in [5.41, 5.74) is -0.892. The van der Waals surface area contributed by atoms with E-state index in [4.69, 9.17) is 4.43 Å². The van der Waals surface area contributed by atoms with Crippen molar-refractivity contribution in [3.05, 3.63) is 0 Å². The molecule has 0 spiro atoms. The Kier molecular flexibility index (Phi) is 6.56. The lowest BCUT2D eigenvalue weighted by atomic mass is 9.93. The van der Waals surface area contributed by atoms with E-state index >= 15 is 0 Å². The van der Waals surface area contributed by atoms with Gasteiger partial charge in [0.05, 0.1) is 6.61 Å². The van der Waals surface area contributed by atoms with Gasteiger partial charge in [-0.1, -0.05) is 32.6 Å². The van der Waals surface area contributed by atoms with Gasteiger partial charge in [0.2, 0.25) is 0 Å². The molecule has 3 heteroatoms. The van der Waals surface area contributed by atoms with Crippen LogP contribution in [-0.4, -0.2) is 26.4 Å². The van der Waals surface area contributed by atoms with Gasteiger partial charge in [-0.25, -0.2) is 0 Å². The molecule has 0 bridgehead atoms. The molecule has 0 amide bonds. The van der Waals surface area contributed by atoms with Crippen LogP contribution in [0.4, 0.5) is 0 Å². The van der Waals surface area contributed by atoms with Crippen molar-refractivity contribution in [3.63, 3.8) is 0 Å². The largest absolute Gasteiger partial charge is 0.417 e. The minimum atomic E-state index is -1.10. The van der Waals surface area contributed by atoms with Gasteiger partial charge in [0.25, 0.3) is 0 Å². The van der Waals surface area contributed by atoms with Crippen molar-refractivity contribution in [2.45, 2.75) is 52.8 Å². The molecular formula is C14H24O2Si. The third kappa shape index (κ3) is 11.5. The minimum Gasteiger partial charge on any atom is -0.417 e. The predicted octanol–water partition coefficient (Wildman–Crippen LogP) is 2.18. The molecule has 0 aromatic rings. The monoisotopic (exact) mass is 252 g/mol. The van der Waals surface area contributed by atoms with Crippen LogP contribution in [0.5, 0.6) is 0 Å². The first-order valence-electron chi connectivity index (χ1n) is 5.96. The molecule has 0 radical (unpaired) electrons. The Morgan fingerprint density at radius 3 is 2.18 bits per heavy atom. The maximum atomic E-state index is 9.88. The summed E-state index contributed by atoms with van der Waals surface area (Å²) < 4.78 is 5.46. The fraction of sp³-hybridized carbons (Fsp3) is 0.714. The Balaban J connectivity index is 4.23. The third-order valence-electron chi connectivity index (χ3n) is 1.80. The summed E-state index contributed by atoms with van der Waals surface area (Å²) in [5.74, 6) is 11.2.